The van der Waals surface area contributed by atoms with E-state index in [9.17, 15) is 8.78 Å². The van der Waals surface area contributed by atoms with E-state index in [0.717, 1.165) is 18.2 Å². The summed E-state index contributed by atoms with van der Waals surface area (Å²) in [6, 6.07) is 2.96. The highest BCUT2D eigenvalue weighted by Crippen LogP contribution is 2.07. The molecule has 0 fully saturated rings. The van der Waals surface area contributed by atoms with Gasteiger partial charge in [0.25, 0.3) is 0 Å². The zero-order valence-corrected chi connectivity index (χ0v) is 5.94. The first-order chi connectivity index (χ1) is 4.72. The molecule has 0 spiro atoms. The van der Waals surface area contributed by atoms with Crippen LogP contribution in [0.25, 0.3) is 0 Å². The molecular formula is C6H5F2OP. The van der Waals surface area contributed by atoms with Crippen molar-refractivity contribution in [3.63, 3.8) is 0 Å². The minimum Gasteiger partial charge on any atom is -0.372 e. The molecular weight excluding hydrogens is 157 g/mol. The van der Waals surface area contributed by atoms with Crippen LogP contribution in [0.15, 0.2) is 18.2 Å². The molecule has 1 aromatic carbocycles. The van der Waals surface area contributed by atoms with E-state index in [1.807, 2.05) is 0 Å². The van der Waals surface area contributed by atoms with Gasteiger partial charge in [0, 0.05) is 20.2 Å². The Kier molecular flexibility index (Phi) is 2.30. The molecule has 0 saturated heterocycles. The predicted octanol–water partition coefficient (Wildman–Crippen LogP) is 1.18. The van der Waals surface area contributed by atoms with Crippen molar-refractivity contribution in [2.45, 2.75) is 0 Å². The fourth-order valence-corrected chi connectivity index (χ4v) is 1.02. The van der Waals surface area contributed by atoms with E-state index in [-0.39, 0.29) is 5.30 Å². The largest absolute Gasteiger partial charge is 0.372 e. The molecule has 1 aromatic rings. The molecule has 1 atom stereocenters. The highest BCUT2D eigenvalue weighted by Gasteiger charge is 1.97. The molecule has 1 nitrogen and oxygen atoms in total. The van der Waals surface area contributed by atoms with E-state index in [1.165, 1.54) is 0 Å². The molecule has 54 valence electrons. The molecule has 0 radical (unpaired) electrons. The monoisotopic (exact) mass is 162 g/mol. The lowest BCUT2D eigenvalue weighted by Gasteiger charge is -1.94. The number of hydrogen-bond acceptors (Lipinski definition) is 1. The predicted molar refractivity (Wildman–Crippen MR) is 36.5 cm³/mol. The van der Waals surface area contributed by atoms with Crippen molar-refractivity contribution < 1.29 is 13.7 Å². The highest BCUT2D eigenvalue weighted by molar-refractivity contribution is 7.40. The van der Waals surface area contributed by atoms with Crippen LogP contribution in [0.3, 0.4) is 0 Å². The van der Waals surface area contributed by atoms with Gasteiger partial charge >= 0.3 is 0 Å². The molecule has 1 N–H and O–H groups in total. The van der Waals surface area contributed by atoms with E-state index in [2.05, 4.69) is 0 Å². The molecule has 0 heterocycles. The van der Waals surface area contributed by atoms with Gasteiger partial charge in [0.15, 0.2) is 0 Å². The van der Waals surface area contributed by atoms with Crippen LogP contribution < -0.4 is 5.30 Å². The third-order valence-electron chi connectivity index (χ3n) is 0.992. The number of halogens is 2. The maximum atomic E-state index is 12.3. The highest BCUT2D eigenvalue weighted by atomic mass is 31.1. The zero-order chi connectivity index (χ0) is 7.56. The normalized spacial score (nSPS) is 11.1. The average Bonchev–Trinajstić information content (AvgIpc) is 1.85. The number of rotatable bonds is 1. The molecule has 0 aliphatic rings. The van der Waals surface area contributed by atoms with Gasteiger partial charge in [-0.3, -0.25) is 0 Å². The van der Waals surface area contributed by atoms with Crippen LogP contribution in [0.2, 0.25) is 0 Å². The van der Waals surface area contributed by atoms with Crippen molar-refractivity contribution in [1.29, 1.82) is 0 Å². The fraction of sp³-hybridized carbons (Fsp3) is 0. The molecule has 4 heteroatoms. The van der Waals surface area contributed by atoms with Crippen LogP contribution in [0, 0.1) is 11.6 Å². The lowest BCUT2D eigenvalue weighted by Crippen LogP contribution is -1.96. The first-order valence-electron chi connectivity index (χ1n) is 2.58. The number of hydrogen-bond donors (Lipinski definition) is 1. The van der Waals surface area contributed by atoms with E-state index in [1.54, 1.807) is 0 Å². The summed E-state index contributed by atoms with van der Waals surface area (Å²) in [5.41, 5.74) is 0. The molecule has 0 amide bonds. The molecule has 0 saturated carbocycles. The Morgan fingerprint density at radius 2 is 1.60 bits per heavy atom. The van der Waals surface area contributed by atoms with Crippen LogP contribution in [0.4, 0.5) is 8.78 Å². The van der Waals surface area contributed by atoms with Crippen molar-refractivity contribution in [2.24, 2.45) is 0 Å². The lowest BCUT2D eigenvalue weighted by atomic mass is 10.3. The summed E-state index contributed by atoms with van der Waals surface area (Å²) in [5.74, 6) is -1.31. The summed E-state index contributed by atoms with van der Waals surface area (Å²) in [7, 11) is -0.557. The summed E-state index contributed by atoms with van der Waals surface area (Å²) in [6.07, 6.45) is 0. The molecule has 0 aromatic heterocycles. The topological polar surface area (TPSA) is 20.2 Å². The molecule has 1 unspecified atom stereocenters. The van der Waals surface area contributed by atoms with Crippen molar-refractivity contribution in [2.75, 3.05) is 0 Å². The van der Waals surface area contributed by atoms with Gasteiger partial charge in [-0.1, -0.05) is 0 Å². The SMILES string of the molecule is OPc1cc(F)cc(F)c1. The van der Waals surface area contributed by atoms with Crippen LogP contribution in [0.5, 0.6) is 0 Å². The minimum atomic E-state index is -0.656. The second kappa shape index (κ2) is 3.04. The molecule has 1 rings (SSSR count). The smallest absolute Gasteiger partial charge is 0.126 e. The first kappa shape index (κ1) is 7.58. The first-order valence-corrected chi connectivity index (χ1v) is 3.53. The lowest BCUT2D eigenvalue weighted by molar-refractivity contribution is 0.584. The van der Waals surface area contributed by atoms with Crippen LogP contribution in [0.1, 0.15) is 0 Å². The summed E-state index contributed by atoms with van der Waals surface area (Å²) in [5, 5.41) is 0.275. The molecule has 10 heavy (non-hydrogen) atoms. The molecule has 0 aliphatic heterocycles. The van der Waals surface area contributed by atoms with Crippen molar-refractivity contribution in [3.8, 4) is 0 Å². The van der Waals surface area contributed by atoms with Gasteiger partial charge in [0.1, 0.15) is 11.6 Å². The van der Waals surface area contributed by atoms with Gasteiger partial charge in [-0.05, 0) is 12.1 Å². The standard InChI is InChI=1S/C6H5F2OP/c7-4-1-5(8)3-6(2-4)10-9/h1-3,9-10H. The third kappa shape index (κ3) is 1.72. The van der Waals surface area contributed by atoms with Gasteiger partial charge in [0.2, 0.25) is 0 Å². The summed E-state index contributed by atoms with van der Waals surface area (Å²) < 4.78 is 24.5. The average molecular weight is 162 g/mol. The Labute approximate surface area is 58.6 Å². The Hall–Kier alpha value is -0.530. The van der Waals surface area contributed by atoms with Gasteiger partial charge in [-0.25, -0.2) is 8.78 Å². The number of benzene rings is 1. The maximum absolute atomic E-state index is 12.3. The Morgan fingerprint density at radius 1 is 1.10 bits per heavy atom. The zero-order valence-electron chi connectivity index (χ0n) is 4.94. The Balaban J connectivity index is 3.06. The van der Waals surface area contributed by atoms with E-state index >= 15 is 0 Å². The summed E-state index contributed by atoms with van der Waals surface area (Å²) >= 11 is 0. The summed E-state index contributed by atoms with van der Waals surface area (Å²) in [6.45, 7) is 0. The van der Waals surface area contributed by atoms with Crippen molar-refractivity contribution in [3.05, 3.63) is 29.8 Å². The van der Waals surface area contributed by atoms with E-state index in [0.29, 0.717) is 0 Å². The Morgan fingerprint density at radius 3 is 2.00 bits per heavy atom. The van der Waals surface area contributed by atoms with Gasteiger partial charge in [0.05, 0.1) is 0 Å². The molecule has 0 bridgehead atoms. The second-order valence-corrected chi connectivity index (χ2v) is 2.57. The quantitative estimate of drug-likeness (QED) is 0.614. The van der Waals surface area contributed by atoms with Crippen LogP contribution in [-0.4, -0.2) is 4.89 Å². The second-order valence-electron chi connectivity index (χ2n) is 1.77. The molecule has 0 aliphatic carbocycles. The van der Waals surface area contributed by atoms with E-state index in [4.69, 9.17) is 4.89 Å². The fourth-order valence-electron chi connectivity index (χ4n) is 0.618. The van der Waals surface area contributed by atoms with Crippen LogP contribution in [-0.2, 0) is 0 Å². The Bertz CT molecular complexity index is 219. The summed E-state index contributed by atoms with van der Waals surface area (Å²) in [4.78, 5) is 8.48. The van der Waals surface area contributed by atoms with Gasteiger partial charge in [-0.15, -0.1) is 0 Å². The maximum Gasteiger partial charge on any atom is 0.126 e. The van der Waals surface area contributed by atoms with Gasteiger partial charge < -0.3 is 4.89 Å². The van der Waals surface area contributed by atoms with Crippen LogP contribution >= 0.6 is 8.81 Å². The minimum absolute atomic E-state index is 0.275. The van der Waals surface area contributed by atoms with Gasteiger partial charge in [-0.2, -0.15) is 0 Å². The van der Waals surface area contributed by atoms with Crippen molar-refractivity contribution >= 4 is 14.1 Å². The van der Waals surface area contributed by atoms with E-state index < -0.39 is 20.4 Å². The van der Waals surface area contributed by atoms with Crippen molar-refractivity contribution in [1.82, 2.24) is 0 Å². The third-order valence-corrected chi connectivity index (χ3v) is 1.54.